The second-order valence-corrected chi connectivity index (χ2v) is 8.90. The van der Waals surface area contributed by atoms with E-state index in [0.29, 0.717) is 0 Å². The van der Waals surface area contributed by atoms with Crippen molar-refractivity contribution in [3.05, 3.63) is 60.2 Å². The fourth-order valence-corrected chi connectivity index (χ4v) is 6.31. The smallest absolute Gasteiger partial charge is 0.208 e. The van der Waals surface area contributed by atoms with Gasteiger partial charge < -0.3 is 0 Å². The highest BCUT2D eigenvalue weighted by Gasteiger charge is 2.46. The maximum Gasteiger partial charge on any atom is 0.208 e. The first kappa shape index (κ1) is 13.6. The van der Waals surface area contributed by atoms with Gasteiger partial charge in [0.2, 0.25) is 7.29 Å². The van der Waals surface area contributed by atoms with Crippen LogP contribution in [0.5, 0.6) is 0 Å². The molecule has 20 heavy (non-hydrogen) atoms. The Morgan fingerprint density at radius 3 is 2.20 bits per heavy atom. The molecule has 1 unspecified atom stereocenters. The third-order valence-corrected chi connectivity index (χ3v) is 7.37. The van der Waals surface area contributed by atoms with Gasteiger partial charge in [0.25, 0.3) is 0 Å². The highest BCUT2D eigenvalue weighted by molar-refractivity contribution is 7.77. The molecule has 0 aromatic heterocycles. The maximum absolute atomic E-state index is 13.9. The van der Waals surface area contributed by atoms with E-state index in [4.69, 9.17) is 0 Å². The van der Waals surface area contributed by atoms with Crippen molar-refractivity contribution in [3.63, 3.8) is 0 Å². The third-order valence-electron chi connectivity index (χ3n) is 3.86. The summed E-state index contributed by atoms with van der Waals surface area (Å²) >= 11 is 0. The van der Waals surface area contributed by atoms with E-state index >= 15 is 0 Å². The van der Waals surface area contributed by atoms with Crippen LogP contribution >= 0.6 is 7.29 Å². The molecule has 2 nitrogen and oxygen atoms in total. The number of benzene rings is 2. The Morgan fingerprint density at radius 1 is 0.950 bits per heavy atom. The molecule has 0 amide bonds. The summed E-state index contributed by atoms with van der Waals surface area (Å²) in [6.07, 6.45) is 0. The van der Waals surface area contributed by atoms with Gasteiger partial charge in [-0.25, -0.2) is 4.67 Å². The Morgan fingerprint density at radius 2 is 1.55 bits per heavy atom. The predicted octanol–water partition coefficient (Wildman–Crippen LogP) is 3.53. The molecule has 1 aliphatic heterocycles. The predicted molar refractivity (Wildman–Crippen MR) is 85.1 cm³/mol. The van der Waals surface area contributed by atoms with Crippen molar-refractivity contribution in [2.24, 2.45) is 0 Å². The fourth-order valence-electron chi connectivity index (χ4n) is 2.90. The van der Waals surface area contributed by atoms with Gasteiger partial charge in [-0.1, -0.05) is 36.4 Å². The number of rotatable bonds is 1. The van der Waals surface area contributed by atoms with E-state index in [1.165, 1.54) is 5.56 Å². The largest absolute Gasteiger partial charge is 0.296 e. The first-order chi connectivity index (χ1) is 9.44. The van der Waals surface area contributed by atoms with Crippen LogP contribution in [-0.2, 0) is 11.1 Å². The molecule has 0 saturated heterocycles. The van der Waals surface area contributed by atoms with Gasteiger partial charge in [-0.15, -0.1) is 0 Å². The highest BCUT2D eigenvalue weighted by atomic mass is 31.2. The van der Waals surface area contributed by atoms with Gasteiger partial charge in [0, 0.05) is 22.7 Å². The van der Waals surface area contributed by atoms with Gasteiger partial charge >= 0.3 is 0 Å². The molecule has 0 N–H and O–H groups in total. The molecular formula is C17H20NOP. The van der Waals surface area contributed by atoms with Crippen molar-refractivity contribution < 1.29 is 4.57 Å². The lowest BCUT2D eigenvalue weighted by Gasteiger charge is -2.37. The zero-order valence-electron chi connectivity index (χ0n) is 12.2. The summed E-state index contributed by atoms with van der Waals surface area (Å²) in [6, 6.07) is 18.0. The van der Waals surface area contributed by atoms with Gasteiger partial charge in [-0.2, -0.15) is 0 Å². The van der Waals surface area contributed by atoms with Crippen LogP contribution in [-0.4, -0.2) is 10.2 Å². The number of hydrogen-bond donors (Lipinski definition) is 0. The van der Waals surface area contributed by atoms with Crippen LogP contribution < -0.4 is 10.6 Å². The Labute approximate surface area is 120 Å². The van der Waals surface area contributed by atoms with Crippen molar-refractivity contribution in [2.45, 2.75) is 32.9 Å². The van der Waals surface area contributed by atoms with Gasteiger partial charge in [0.05, 0.1) is 0 Å². The molecule has 0 radical (unpaired) electrons. The average molecular weight is 285 g/mol. The van der Waals surface area contributed by atoms with E-state index in [-0.39, 0.29) is 5.54 Å². The van der Waals surface area contributed by atoms with E-state index in [1.807, 2.05) is 48.5 Å². The van der Waals surface area contributed by atoms with Crippen LogP contribution in [0.1, 0.15) is 26.3 Å². The summed E-state index contributed by atoms with van der Waals surface area (Å²) in [6.45, 7) is 7.16. The molecule has 1 heterocycles. The summed E-state index contributed by atoms with van der Waals surface area (Å²) in [4.78, 5) is 0. The topological polar surface area (TPSA) is 20.3 Å². The lowest BCUT2D eigenvalue weighted by Crippen LogP contribution is -2.39. The average Bonchev–Trinajstić information content (AvgIpc) is 2.75. The lowest BCUT2D eigenvalue weighted by atomic mass is 10.1. The molecule has 2 aromatic rings. The molecule has 0 saturated carbocycles. The minimum atomic E-state index is -2.71. The van der Waals surface area contributed by atoms with Crippen molar-refractivity contribution in [2.75, 3.05) is 0 Å². The van der Waals surface area contributed by atoms with Gasteiger partial charge in [-0.05, 0) is 44.5 Å². The summed E-state index contributed by atoms with van der Waals surface area (Å²) in [5, 5.41) is 1.93. The standard InChI is InChI=1S/C17H20NOP/c1-17(2,3)18-13-14-9-7-8-12-16(14)20(18,19)15-10-5-4-6-11-15/h4-12H,13H2,1-3H3. The zero-order valence-corrected chi connectivity index (χ0v) is 13.1. The van der Waals surface area contributed by atoms with Crippen LogP contribution in [0.3, 0.4) is 0 Å². The van der Waals surface area contributed by atoms with Crippen LogP contribution in [0.15, 0.2) is 54.6 Å². The van der Waals surface area contributed by atoms with E-state index < -0.39 is 7.29 Å². The summed E-state index contributed by atoms with van der Waals surface area (Å²) in [7, 11) is -2.71. The number of nitrogens with zero attached hydrogens (tertiary/aromatic N) is 1. The monoisotopic (exact) mass is 285 g/mol. The summed E-state index contributed by atoms with van der Waals surface area (Å²) < 4.78 is 16.1. The maximum atomic E-state index is 13.9. The molecule has 0 spiro atoms. The Hall–Kier alpha value is -1.37. The first-order valence-corrected chi connectivity index (χ1v) is 8.62. The second kappa shape index (κ2) is 4.58. The van der Waals surface area contributed by atoms with E-state index in [2.05, 4.69) is 31.5 Å². The van der Waals surface area contributed by atoms with Gasteiger partial charge in [-0.3, -0.25) is 4.57 Å². The number of hydrogen-bond acceptors (Lipinski definition) is 1. The SMILES string of the molecule is CC(C)(C)N1Cc2ccccc2P1(=O)c1ccccc1. The Bertz CT molecular complexity index is 673. The van der Waals surface area contributed by atoms with Crippen molar-refractivity contribution >= 4 is 17.9 Å². The normalized spacial score (nSPS) is 22.8. The molecule has 1 atom stereocenters. The molecule has 3 rings (SSSR count). The Balaban J connectivity index is 2.26. The van der Waals surface area contributed by atoms with Crippen LogP contribution in [0.2, 0.25) is 0 Å². The quantitative estimate of drug-likeness (QED) is 0.747. The van der Waals surface area contributed by atoms with Crippen molar-refractivity contribution in [1.82, 2.24) is 4.67 Å². The van der Waals surface area contributed by atoms with Crippen LogP contribution in [0.4, 0.5) is 0 Å². The van der Waals surface area contributed by atoms with E-state index in [9.17, 15) is 4.57 Å². The molecule has 2 aromatic carbocycles. The van der Waals surface area contributed by atoms with Crippen LogP contribution in [0, 0.1) is 0 Å². The highest BCUT2D eigenvalue weighted by Crippen LogP contribution is 2.56. The molecule has 0 aliphatic carbocycles. The molecule has 104 valence electrons. The minimum Gasteiger partial charge on any atom is -0.296 e. The second-order valence-electron chi connectivity index (χ2n) is 6.27. The fraction of sp³-hybridized carbons (Fsp3) is 0.294. The minimum absolute atomic E-state index is 0.135. The first-order valence-electron chi connectivity index (χ1n) is 6.96. The number of fused-ring (bicyclic) bond motifs is 1. The molecule has 3 heteroatoms. The molecule has 0 fully saturated rings. The molecule has 1 aliphatic rings. The lowest BCUT2D eigenvalue weighted by molar-refractivity contribution is 0.252. The van der Waals surface area contributed by atoms with Gasteiger partial charge in [0.1, 0.15) is 0 Å². The Kier molecular flexibility index (Phi) is 3.12. The third kappa shape index (κ3) is 1.95. The molecular weight excluding hydrogens is 265 g/mol. The van der Waals surface area contributed by atoms with Gasteiger partial charge in [0.15, 0.2) is 0 Å². The van der Waals surface area contributed by atoms with E-state index in [1.54, 1.807) is 0 Å². The summed E-state index contributed by atoms with van der Waals surface area (Å²) in [5.74, 6) is 0. The summed E-state index contributed by atoms with van der Waals surface area (Å²) in [5.41, 5.74) is 1.05. The van der Waals surface area contributed by atoms with Crippen molar-refractivity contribution in [3.8, 4) is 0 Å². The van der Waals surface area contributed by atoms with E-state index in [0.717, 1.165) is 17.2 Å². The zero-order chi connectivity index (χ0) is 14.4. The van der Waals surface area contributed by atoms with Crippen LogP contribution in [0.25, 0.3) is 0 Å². The van der Waals surface area contributed by atoms with Crippen molar-refractivity contribution in [1.29, 1.82) is 0 Å². The molecule has 0 bridgehead atoms.